The Hall–Kier alpha value is -3.10. The Kier molecular flexibility index (Phi) is 4.94. The van der Waals surface area contributed by atoms with E-state index in [-0.39, 0.29) is 28.7 Å². The fourth-order valence-corrected chi connectivity index (χ4v) is 4.70. The predicted molar refractivity (Wildman–Crippen MR) is 107 cm³/mol. The van der Waals surface area contributed by atoms with Gasteiger partial charge in [-0.3, -0.25) is 4.79 Å². The molecular formula is C22H21F4N3O2. The summed E-state index contributed by atoms with van der Waals surface area (Å²) in [5, 5.41) is 8.05. The number of nitrogens with one attached hydrogen (secondary N) is 3. The van der Waals surface area contributed by atoms with Crippen LogP contribution >= 0.6 is 0 Å². The molecule has 0 aromatic heterocycles. The van der Waals surface area contributed by atoms with Crippen molar-refractivity contribution in [3.05, 3.63) is 59.9 Å². The second kappa shape index (κ2) is 7.25. The molecule has 31 heavy (non-hydrogen) atoms. The first-order chi connectivity index (χ1) is 14.5. The van der Waals surface area contributed by atoms with Crippen molar-refractivity contribution in [3.63, 3.8) is 0 Å². The van der Waals surface area contributed by atoms with Gasteiger partial charge in [0.15, 0.2) is 0 Å². The molecule has 0 aliphatic heterocycles. The number of benzene rings is 2. The molecule has 3 saturated carbocycles. The highest BCUT2D eigenvalue weighted by Crippen LogP contribution is 2.70. The minimum absolute atomic E-state index is 0.0562. The van der Waals surface area contributed by atoms with Crippen LogP contribution in [0.15, 0.2) is 48.5 Å². The van der Waals surface area contributed by atoms with E-state index in [2.05, 4.69) is 16.0 Å². The third-order valence-corrected chi connectivity index (χ3v) is 6.32. The SMILES string of the molecule is CC(C(=O)Nc1ccc(F)cc1)C12CC(NC(=O)Nc3cccc(C(F)(F)F)c3)(C1)C2. The zero-order chi connectivity index (χ0) is 22.4. The van der Waals surface area contributed by atoms with Crippen LogP contribution in [0, 0.1) is 17.2 Å². The number of hydrogen-bond acceptors (Lipinski definition) is 2. The van der Waals surface area contributed by atoms with Gasteiger partial charge in [-0.25, -0.2) is 9.18 Å². The van der Waals surface area contributed by atoms with Gasteiger partial charge in [-0.2, -0.15) is 13.2 Å². The molecule has 0 spiro atoms. The number of urea groups is 1. The lowest BCUT2D eigenvalue weighted by molar-refractivity contribution is -0.183. The zero-order valence-electron chi connectivity index (χ0n) is 16.6. The quantitative estimate of drug-likeness (QED) is 0.568. The first-order valence-electron chi connectivity index (χ1n) is 9.83. The fourth-order valence-electron chi connectivity index (χ4n) is 4.70. The van der Waals surface area contributed by atoms with E-state index < -0.39 is 23.3 Å². The van der Waals surface area contributed by atoms with Crippen LogP contribution in [0.3, 0.4) is 0 Å². The smallest absolute Gasteiger partial charge is 0.332 e. The van der Waals surface area contributed by atoms with Gasteiger partial charge in [0.1, 0.15) is 5.82 Å². The van der Waals surface area contributed by atoms with E-state index in [1.807, 2.05) is 6.92 Å². The standard InChI is InChI=1S/C22H21F4N3O2/c1-13(18(30)27-16-7-5-15(23)6-8-16)20-10-21(11-20,12-20)29-19(31)28-17-4-2-3-14(9-17)22(24,25)26/h2-9,13H,10-12H2,1H3,(H,27,30)(H2,28,29,31). The molecule has 2 aromatic carbocycles. The first kappa shape index (κ1) is 21.1. The minimum Gasteiger partial charge on any atom is -0.332 e. The number of carbonyl (C=O) groups excluding carboxylic acids is 2. The number of halogens is 4. The molecule has 9 heteroatoms. The molecule has 3 fully saturated rings. The van der Waals surface area contributed by atoms with Crippen LogP contribution in [-0.4, -0.2) is 17.5 Å². The van der Waals surface area contributed by atoms with Crippen molar-refractivity contribution in [2.75, 3.05) is 10.6 Å². The molecular weight excluding hydrogens is 414 g/mol. The molecule has 2 aromatic rings. The van der Waals surface area contributed by atoms with E-state index in [9.17, 15) is 27.2 Å². The summed E-state index contributed by atoms with van der Waals surface area (Å²) in [6, 6.07) is 9.38. The lowest BCUT2D eigenvalue weighted by Crippen LogP contribution is -2.77. The van der Waals surface area contributed by atoms with Crippen molar-refractivity contribution < 1.29 is 27.2 Å². The molecule has 3 N–H and O–H groups in total. The van der Waals surface area contributed by atoms with E-state index in [1.165, 1.54) is 36.4 Å². The molecule has 3 aliphatic rings. The molecule has 0 saturated heterocycles. The van der Waals surface area contributed by atoms with Crippen LogP contribution in [0.1, 0.15) is 31.7 Å². The summed E-state index contributed by atoms with van der Waals surface area (Å²) in [6.07, 6.45) is -2.63. The summed E-state index contributed by atoms with van der Waals surface area (Å²) in [4.78, 5) is 24.8. The van der Waals surface area contributed by atoms with Crippen molar-refractivity contribution in [1.29, 1.82) is 0 Å². The fraction of sp³-hybridized carbons (Fsp3) is 0.364. The van der Waals surface area contributed by atoms with Gasteiger partial charge in [0.05, 0.1) is 5.56 Å². The van der Waals surface area contributed by atoms with Gasteiger partial charge in [-0.15, -0.1) is 0 Å². The molecule has 0 heterocycles. The normalized spacial score (nSPS) is 24.9. The molecule has 2 bridgehead atoms. The Morgan fingerprint density at radius 3 is 2.23 bits per heavy atom. The Labute approximate surface area is 176 Å². The van der Waals surface area contributed by atoms with Crippen molar-refractivity contribution in [3.8, 4) is 0 Å². The number of hydrogen-bond donors (Lipinski definition) is 3. The minimum atomic E-state index is -4.49. The van der Waals surface area contributed by atoms with Crippen LogP contribution < -0.4 is 16.0 Å². The number of rotatable bonds is 5. The molecule has 3 aliphatic carbocycles. The van der Waals surface area contributed by atoms with Crippen LogP contribution in [-0.2, 0) is 11.0 Å². The summed E-state index contributed by atoms with van der Waals surface area (Å²) in [7, 11) is 0. The van der Waals surface area contributed by atoms with Crippen LogP contribution in [0.2, 0.25) is 0 Å². The van der Waals surface area contributed by atoms with Crippen LogP contribution in [0.25, 0.3) is 0 Å². The predicted octanol–water partition coefficient (Wildman–Crippen LogP) is 5.16. The van der Waals surface area contributed by atoms with Gasteiger partial charge < -0.3 is 16.0 Å². The maximum absolute atomic E-state index is 13.0. The Balaban J connectivity index is 1.29. The monoisotopic (exact) mass is 435 g/mol. The summed E-state index contributed by atoms with van der Waals surface area (Å²) in [5.74, 6) is -0.858. The average Bonchev–Trinajstić information content (AvgIpc) is 2.64. The molecule has 3 amide bonds. The van der Waals surface area contributed by atoms with Crippen molar-refractivity contribution in [2.45, 2.75) is 37.9 Å². The molecule has 5 nitrogen and oxygen atoms in total. The molecule has 1 unspecified atom stereocenters. The Bertz CT molecular complexity index is 1000. The van der Waals surface area contributed by atoms with E-state index in [0.717, 1.165) is 12.1 Å². The topological polar surface area (TPSA) is 70.2 Å². The largest absolute Gasteiger partial charge is 0.416 e. The maximum atomic E-state index is 13.0. The van der Waals surface area contributed by atoms with Crippen LogP contribution in [0.4, 0.5) is 33.7 Å². The lowest BCUT2D eigenvalue weighted by atomic mass is 9.36. The van der Waals surface area contributed by atoms with E-state index in [4.69, 9.17) is 0 Å². The third kappa shape index (κ3) is 4.08. The first-order valence-corrected chi connectivity index (χ1v) is 9.83. The Morgan fingerprint density at radius 2 is 1.61 bits per heavy atom. The van der Waals surface area contributed by atoms with E-state index >= 15 is 0 Å². The lowest BCUT2D eigenvalue weighted by Gasteiger charge is -2.72. The van der Waals surface area contributed by atoms with Gasteiger partial charge in [-0.1, -0.05) is 13.0 Å². The molecule has 0 radical (unpaired) electrons. The van der Waals surface area contributed by atoms with Crippen molar-refractivity contribution in [2.24, 2.45) is 11.3 Å². The zero-order valence-corrected chi connectivity index (χ0v) is 16.6. The summed E-state index contributed by atoms with van der Waals surface area (Å²) < 4.78 is 51.4. The van der Waals surface area contributed by atoms with Crippen LogP contribution in [0.5, 0.6) is 0 Å². The molecule has 164 valence electrons. The van der Waals surface area contributed by atoms with Gasteiger partial charge in [-0.05, 0) is 67.1 Å². The second-order valence-electron chi connectivity index (χ2n) is 8.55. The van der Waals surface area contributed by atoms with Crippen molar-refractivity contribution in [1.82, 2.24) is 5.32 Å². The molecule has 5 rings (SSSR count). The number of carbonyl (C=O) groups is 2. The Morgan fingerprint density at radius 1 is 0.968 bits per heavy atom. The summed E-state index contributed by atoms with van der Waals surface area (Å²) in [5.41, 5.74) is -0.918. The van der Waals surface area contributed by atoms with Gasteiger partial charge >= 0.3 is 12.2 Å². The summed E-state index contributed by atoms with van der Waals surface area (Å²) in [6.45, 7) is 1.82. The van der Waals surface area contributed by atoms with E-state index in [0.29, 0.717) is 24.9 Å². The number of amides is 3. The van der Waals surface area contributed by atoms with Crippen molar-refractivity contribution >= 4 is 23.3 Å². The summed E-state index contributed by atoms with van der Waals surface area (Å²) >= 11 is 0. The second-order valence-corrected chi connectivity index (χ2v) is 8.55. The molecule has 1 atom stereocenters. The van der Waals surface area contributed by atoms with Gasteiger partial charge in [0, 0.05) is 22.8 Å². The van der Waals surface area contributed by atoms with Gasteiger partial charge in [0.25, 0.3) is 0 Å². The van der Waals surface area contributed by atoms with Gasteiger partial charge in [0.2, 0.25) is 5.91 Å². The third-order valence-electron chi connectivity index (χ3n) is 6.32. The average molecular weight is 435 g/mol. The maximum Gasteiger partial charge on any atom is 0.416 e. The highest BCUT2D eigenvalue weighted by atomic mass is 19.4. The highest BCUT2D eigenvalue weighted by Gasteiger charge is 2.71. The number of alkyl halides is 3. The highest BCUT2D eigenvalue weighted by molar-refractivity contribution is 5.94. The number of anilines is 2. The van der Waals surface area contributed by atoms with E-state index in [1.54, 1.807) is 0 Å².